The van der Waals surface area contributed by atoms with E-state index in [1.54, 1.807) is 0 Å². The second-order valence-electron chi connectivity index (χ2n) is 4.88. The van der Waals surface area contributed by atoms with Gasteiger partial charge in [-0.1, -0.05) is 26.7 Å². The van der Waals surface area contributed by atoms with Crippen LogP contribution in [-0.4, -0.2) is 24.1 Å². The fourth-order valence-corrected chi connectivity index (χ4v) is 1.43. The Morgan fingerprint density at radius 1 is 1.06 bits per heavy atom. The van der Waals surface area contributed by atoms with Crippen molar-refractivity contribution in [1.29, 1.82) is 0 Å². The maximum Gasteiger partial charge on any atom is 0.315 e. The van der Waals surface area contributed by atoms with Gasteiger partial charge in [0.15, 0.2) is 0 Å². The van der Waals surface area contributed by atoms with Crippen LogP contribution in [-0.2, 0) is 4.79 Å². The van der Waals surface area contributed by atoms with Crippen molar-refractivity contribution in [3.05, 3.63) is 0 Å². The highest BCUT2D eigenvalue weighted by Crippen LogP contribution is 2.07. The highest BCUT2D eigenvalue weighted by Gasteiger charge is 2.10. The molecule has 0 fully saturated rings. The predicted molar refractivity (Wildman–Crippen MR) is 64.3 cm³/mol. The molecule has 0 aromatic heterocycles. The lowest BCUT2D eigenvalue weighted by molar-refractivity contribution is -0.307. The van der Waals surface area contributed by atoms with E-state index in [4.69, 9.17) is 0 Å². The van der Waals surface area contributed by atoms with E-state index in [9.17, 15) is 14.7 Å². The summed E-state index contributed by atoms with van der Waals surface area (Å²) in [5, 5.41) is 15.4. The van der Waals surface area contributed by atoms with Gasteiger partial charge in [-0.05, 0) is 26.2 Å². The largest absolute Gasteiger partial charge is 0.548 e. The third kappa shape index (κ3) is 8.54. The highest BCUT2D eigenvalue weighted by molar-refractivity contribution is 5.81. The van der Waals surface area contributed by atoms with Crippen molar-refractivity contribution < 1.29 is 14.7 Å². The summed E-state index contributed by atoms with van der Waals surface area (Å²) < 4.78 is 0. The van der Waals surface area contributed by atoms with Crippen LogP contribution in [0.3, 0.4) is 0 Å². The van der Waals surface area contributed by atoms with Gasteiger partial charge in [-0.3, -0.25) is 0 Å². The minimum Gasteiger partial charge on any atom is -0.548 e. The summed E-state index contributed by atoms with van der Waals surface area (Å²) in [6, 6.07) is -1.39. The second kappa shape index (κ2) is 7.92. The van der Waals surface area contributed by atoms with Gasteiger partial charge in [0.25, 0.3) is 0 Å². The average molecular weight is 243 g/mol. The summed E-state index contributed by atoms with van der Waals surface area (Å²) in [4.78, 5) is 21.8. The summed E-state index contributed by atoms with van der Waals surface area (Å²) in [7, 11) is 0. The van der Waals surface area contributed by atoms with Crippen molar-refractivity contribution in [2.45, 2.75) is 59.0 Å². The molecule has 0 rings (SSSR count). The molecule has 0 radical (unpaired) electrons. The van der Waals surface area contributed by atoms with Crippen LogP contribution in [0.25, 0.3) is 0 Å². The maximum atomic E-state index is 11.4. The molecule has 0 aliphatic heterocycles. The van der Waals surface area contributed by atoms with Gasteiger partial charge in [-0.2, -0.15) is 0 Å². The lowest BCUT2D eigenvalue weighted by Gasteiger charge is -2.18. The van der Waals surface area contributed by atoms with E-state index in [0.29, 0.717) is 5.92 Å². The van der Waals surface area contributed by atoms with Crippen molar-refractivity contribution in [3.8, 4) is 0 Å². The Hall–Kier alpha value is -1.26. The molecule has 0 aliphatic rings. The molecule has 0 spiro atoms. The van der Waals surface area contributed by atoms with Crippen LogP contribution in [0, 0.1) is 5.92 Å². The van der Waals surface area contributed by atoms with E-state index in [-0.39, 0.29) is 6.04 Å². The first-order chi connectivity index (χ1) is 7.82. The van der Waals surface area contributed by atoms with E-state index in [1.165, 1.54) is 6.92 Å². The van der Waals surface area contributed by atoms with Gasteiger partial charge in [0, 0.05) is 6.04 Å². The minimum atomic E-state index is -1.28. The number of urea groups is 1. The molecule has 2 N–H and O–H groups in total. The van der Waals surface area contributed by atoms with Gasteiger partial charge in [0.05, 0.1) is 12.0 Å². The topological polar surface area (TPSA) is 81.3 Å². The molecule has 0 heterocycles. The molecule has 0 aromatic carbocycles. The highest BCUT2D eigenvalue weighted by atomic mass is 16.4. The van der Waals surface area contributed by atoms with Crippen LogP contribution in [0.2, 0.25) is 0 Å². The van der Waals surface area contributed by atoms with Crippen LogP contribution in [0.5, 0.6) is 0 Å². The molecule has 0 bridgehead atoms. The normalized spacial score (nSPS) is 14.2. The molecule has 0 saturated carbocycles. The molecule has 0 saturated heterocycles. The first-order valence-corrected chi connectivity index (χ1v) is 6.10. The molecule has 2 amide bonds. The first kappa shape index (κ1) is 15.7. The average Bonchev–Trinajstić information content (AvgIpc) is 2.16. The Bertz CT molecular complexity index is 254. The van der Waals surface area contributed by atoms with Gasteiger partial charge >= 0.3 is 6.03 Å². The molecule has 17 heavy (non-hydrogen) atoms. The first-order valence-electron chi connectivity index (χ1n) is 6.10. The van der Waals surface area contributed by atoms with E-state index in [1.807, 2.05) is 6.92 Å². The van der Waals surface area contributed by atoms with Crippen LogP contribution in [0.4, 0.5) is 4.79 Å². The maximum absolute atomic E-state index is 11.4. The molecule has 0 aliphatic carbocycles. The molecule has 100 valence electrons. The zero-order valence-corrected chi connectivity index (χ0v) is 11.1. The number of carbonyl (C=O) groups excluding carboxylic acids is 2. The summed E-state index contributed by atoms with van der Waals surface area (Å²) in [5.74, 6) is -0.623. The van der Waals surface area contributed by atoms with Crippen LogP contribution < -0.4 is 15.7 Å². The number of rotatable bonds is 7. The Balaban J connectivity index is 3.76. The molecule has 5 nitrogen and oxygen atoms in total. The third-order valence-electron chi connectivity index (χ3n) is 2.50. The number of hydrogen-bond donors (Lipinski definition) is 2. The standard InChI is InChI=1S/C12H24N2O3/c1-8(2)6-5-7-9(3)13-12(17)14-10(4)11(15)16/h8-10H,5-7H2,1-4H3,(H,15,16)(H2,13,14,17)/p-1/t9-,10+/m1/s1. The Morgan fingerprint density at radius 2 is 1.65 bits per heavy atom. The monoisotopic (exact) mass is 243 g/mol. The number of amides is 2. The molecule has 2 atom stereocenters. The second-order valence-corrected chi connectivity index (χ2v) is 4.88. The van der Waals surface area contributed by atoms with Crippen LogP contribution >= 0.6 is 0 Å². The van der Waals surface area contributed by atoms with Gasteiger partial charge in [-0.25, -0.2) is 4.79 Å². The van der Waals surface area contributed by atoms with Gasteiger partial charge < -0.3 is 20.5 Å². The number of carbonyl (C=O) groups is 2. The predicted octanol–water partition coefficient (Wildman–Crippen LogP) is 0.639. The molecule has 0 unspecified atom stereocenters. The van der Waals surface area contributed by atoms with Crippen LogP contribution in [0.15, 0.2) is 0 Å². The van der Waals surface area contributed by atoms with Gasteiger partial charge in [0.1, 0.15) is 0 Å². The van der Waals surface area contributed by atoms with Crippen molar-refractivity contribution in [1.82, 2.24) is 10.6 Å². The fourth-order valence-electron chi connectivity index (χ4n) is 1.43. The molecular weight excluding hydrogens is 220 g/mol. The number of aliphatic carboxylic acids is 1. The van der Waals surface area contributed by atoms with E-state index >= 15 is 0 Å². The van der Waals surface area contributed by atoms with Crippen molar-refractivity contribution >= 4 is 12.0 Å². The summed E-state index contributed by atoms with van der Waals surface area (Å²) in [6.07, 6.45) is 3.07. The van der Waals surface area contributed by atoms with Gasteiger partial charge in [-0.15, -0.1) is 0 Å². The smallest absolute Gasteiger partial charge is 0.315 e. The fraction of sp³-hybridized carbons (Fsp3) is 0.833. The quantitative estimate of drug-likeness (QED) is 0.688. The Labute approximate surface area is 103 Å². The number of hydrogen-bond acceptors (Lipinski definition) is 3. The summed E-state index contributed by atoms with van der Waals surface area (Å²) in [5.41, 5.74) is 0. The zero-order chi connectivity index (χ0) is 13.4. The number of nitrogens with one attached hydrogen (secondary N) is 2. The molecule has 5 heteroatoms. The van der Waals surface area contributed by atoms with Crippen molar-refractivity contribution in [3.63, 3.8) is 0 Å². The van der Waals surface area contributed by atoms with E-state index in [2.05, 4.69) is 24.5 Å². The minimum absolute atomic E-state index is 0.0442. The summed E-state index contributed by atoms with van der Waals surface area (Å²) in [6.45, 7) is 7.60. The SMILES string of the molecule is CC(C)CCC[C@@H](C)NC(=O)N[C@@H](C)C(=O)[O-]. The third-order valence-corrected chi connectivity index (χ3v) is 2.50. The summed E-state index contributed by atoms with van der Waals surface area (Å²) >= 11 is 0. The van der Waals surface area contributed by atoms with E-state index < -0.39 is 18.0 Å². The lowest BCUT2D eigenvalue weighted by atomic mass is 10.0. The number of carboxylic acid groups (broad SMARTS) is 1. The van der Waals surface area contributed by atoms with Crippen molar-refractivity contribution in [2.75, 3.05) is 0 Å². The van der Waals surface area contributed by atoms with Crippen molar-refractivity contribution in [2.24, 2.45) is 5.92 Å². The Morgan fingerprint density at radius 3 is 2.12 bits per heavy atom. The van der Waals surface area contributed by atoms with Gasteiger partial charge in [0.2, 0.25) is 0 Å². The lowest BCUT2D eigenvalue weighted by Crippen LogP contribution is -2.50. The Kier molecular flexibility index (Phi) is 7.34. The van der Waals surface area contributed by atoms with E-state index in [0.717, 1.165) is 19.3 Å². The molecule has 0 aromatic rings. The molecular formula is C12H23N2O3-. The zero-order valence-electron chi connectivity index (χ0n) is 11.1. The number of carboxylic acids is 1. The van der Waals surface area contributed by atoms with Crippen LogP contribution in [0.1, 0.15) is 47.0 Å².